The van der Waals surface area contributed by atoms with Crippen molar-refractivity contribution in [2.45, 2.75) is 17.7 Å². The Balaban J connectivity index is 2.03. The monoisotopic (exact) mass is 350 g/mol. The van der Waals surface area contributed by atoms with Crippen LogP contribution in [0.25, 0.3) is 0 Å². The molecule has 126 valence electrons. The molecule has 1 aliphatic rings. The number of nitrogens with one attached hydrogen (secondary N) is 2. The van der Waals surface area contributed by atoms with E-state index in [1.165, 1.54) is 13.0 Å². The van der Waals surface area contributed by atoms with Crippen molar-refractivity contribution in [3.8, 4) is 0 Å². The van der Waals surface area contributed by atoms with Gasteiger partial charge < -0.3 is 5.32 Å². The summed E-state index contributed by atoms with van der Waals surface area (Å²) < 4.78 is 51.3. The Labute approximate surface area is 138 Å². The summed E-state index contributed by atoms with van der Waals surface area (Å²) in [6.07, 6.45) is 0. The van der Waals surface area contributed by atoms with E-state index in [1.807, 2.05) is 0 Å². The first kappa shape index (κ1) is 16.6. The van der Waals surface area contributed by atoms with Crippen molar-refractivity contribution >= 4 is 15.7 Å². The van der Waals surface area contributed by atoms with Crippen molar-refractivity contribution in [3.63, 3.8) is 0 Å². The molecule has 0 amide bonds. The van der Waals surface area contributed by atoms with Gasteiger partial charge in [-0.3, -0.25) is 5.41 Å². The number of hydrogen-bond acceptors (Lipinski definition) is 3. The number of hydrogen-bond donors (Lipinski definition) is 2. The fourth-order valence-corrected chi connectivity index (χ4v) is 4.83. The van der Waals surface area contributed by atoms with Gasteiger partial charge in [-0.15, -0.1) is 0 Å². The van der Waals surface area contributed by atoms with E-state index >= 15 is 0 Å². The average Bonchev–Trinajstić information content (AvgIpc) is 2.52. The van der Waals surface area contributed by atoms with Crippen molar-refractivity contribution < 1.29 is 17.2 Å². The van der Waals surface area contributed by atoms with Gasteiger partial charge in [0.15, 0.2) is 14.6 Å². The molecule has 7 heteroatoms. The first-order valence-corrected chi connectivity index (χ1v) is 8.99. The number of benzene rings is 2. The lowest BCUT2D eigenvalue weighted by molar-refractivity contribution is 0.519. The van der Waals surface area contributed by atoms with Crippen LogP contribution < -0.4 is 5.32 Å². The van der Waals surface area contributed by atoms with E-state index in [2.05, 4.69) is 5.32 Å². The third kappa shape index (κ3) is 2.49. The molecule has 0 aromatic heterocycles. The third-order valence-corrected chi connectivity index (χ3v) is 6.92. The van der Waals surface area contributed by atoms with Gasteiger partial charge in [0.2, 0.25) is 0 Å². The molecule has 2 atom stereocenters. The highest BCUT2D eigenvalue weighted by Gasteiger charge is 2.50. The van der Waals surface area contributed by atoms with Gasteiger partial charge >= 0.3 is 0 Å². The van der Waals surface area contributed by atoms with Gasteiger partial charge in [-0.05, 0) is 18.6 Å². The Morgan fingerprint density at radius 1 is 1.17 bits per heavy atom. The van der Waals surface area contributed by atoms with Crippen LogP contribution in [-0.4, -0.2) is 20.0 Å². The smallest absolute Gasteiger partial charge is 0.169 e. The highest BCUT2D eigenvalue weighted by Crippen LogP contribution is 2.38. The molecular formula is C17H16F2N2O2S. The molecule has 0 spiro atoms. The molecule has 1 unspecified atom stereocenters. The molecule has 1 heterocycles. The molecule has 2 aromatic carbocycles. The van der Waals surface area contributed by atoms with E-state index in [-0.39, 0.29) is 17.2 Å². The van der Waals surface area contributed by atoms with Gasteiger partial charge in [0.25, 0.3) is 0 Å². The van der Waals surface area contributed by atoms with Crippen LogP contribution in [-0.2, 0) is 14.6 Å². The van der Waals surface area contributed by atoms with Gasteiger partial charge in [0.05, 0.1) is 11.8 Å². The highest BCUT2D eigenvalue weighted by molar-refractivity contribution is 7.93. The number of halogens is 2. The molecule has 0 saturated carbocycles. The normalized spacial score (nSPS) is 26.0. The molecule has 0 aliphatic carbocycles. The summed E-state index contributed by atoms with van der Waals surface area (Å²) in [4.78, 5) is 0. The lowest BCUT2D eigenvalue weighted by Gasteiger charge is -2.39. The van der Waals surface area contributed by atoms with Crippen molar-refractivity contribution in [2.75, 3.05) is 5.75 Å². The summed E-state index contributed by atoms with van der Waals surface area (Å²) in [6.45, 7) is 1.46. The Bertz CT molecular complexity index is 900. The van der Waals surface area contributed by atoms with E-state index in [9.17, 15) is 17.2 Å². The molecule has 1 aliphatic heterocycles. The predicted octanol–water partition coefficient (Wildman–Crippen LogP) is 2.92. The fraction of sp³-hybridized carbons (Fsp3) is 0.235. The molecule has 2 N–H and O–H groups in total. The van der Waals surface area contributed by atoms with Crippen molar-refractivity contribution in [2.24, 2.45) is 0 Å². The SMILES string of the molecule is C[C@]1(c2ccccc2)C(=N)NC(c2ccc(F)cc2F)CS1(=O)=O. The van der Waals surface area contributed by atoms with Gasteiger partial charge in [-0.1, -0.05) is 36.4 Å². The highest BCUT2D eigenvalue weighted by atomic mass is 32.2. The van der Waals surface area contributed by atoms with Gasteiger partial charge in [0, 0.05) is 11.6 Å². The summed E-state index contributed by atoms with van der Waals surface area (Å²) in [7, 11) is -3.80. The molecule has 1 saturated heterocycles. The lowest BCUT2D eigenvalue weighted by atomic mass is 9.97. The first-order valence-electron chi connectivity index (χ1n) is 7.34. The van der Waals surface area contributed by atoms with E-state index in [1.54, 1.807) is 30.3 Å². The van der Waals surface area contributed by atoms with Gasteiger partial charge in [0.1, 0.15) is 17.5 Å². The zero-order valence-electron chi connectivity index (χ0n) is 12.9. The maximum atomic E-state index is 14.0. The molecule has 4 nitrogen and oxygen atoms in total. The predicted molar refractivity (Wildman–Crippen MR) is 87.5 cm³/mol. The number of rotatable bonds is 2. The van der Waals surface area contributed by atoms with Gasteiger partial charge in [-0.2, -0.15) is 0 Å². The minimum atomic E-state index is -3.80. The Kier molecular flexibility index (Phi) is 3.91. The van der Waals surface area contributed by atoms with Crippen LogP contribution in [0.15, 0.2) is 48.5 Å². The summed E-state index contributed by atoms with van der Waals surface area (Å²) in [5.74, 6) is -2.19. The standard InChI is InChI=1S/C17H16F2N2O2S/c1-17(11-5-3-2-4-6-11)16(20)21-15(10-24(17,22)23)13-8-7-12(18)9-14(13)19/h2-9,15H,10H2,1H3,(H2,20,21)/t15?,17-/m0/s1. The quantitative estimate of drug-likeness (QED) is 0.875. The van der Waals surface area contributed by atoms with Crippen molar-refractivity contribution in [1.82, 2.24) is 5.32 Å². The second-order valence-electron chi connectivity index (χ2n) is 5.92. The van der Waals surface area contributed by atoms with E-state index < -0.39 is 32.3 Å². The van der Waals surface area contributed by atoms with Crippen molar-refractivity contribution in [1.29, 1.82) is 5.41 Å². The largest absolute Gasteiger partial charge is 0.364 e. The molecule has 1 fully saturated rings. The molecule has 0 radical (unpaired) electrons. The number of sulfone groups is 1. The zero-order chi connectivity index (χ0) is 17.5. The van der Waals surface area contributed by atoms with E-state index in [0.29, 0.717) is 11.6 Å². The van der Waals surface area contributed by atoms with Crippen LogP contribution in [0.4, 0.5) is 8.78 Å². The van der Waals surface area contributed by atoms with Crippen molar-refractivity contribution in [3.05, 3.63) is 71.3 Å². The molecule has 0 bridgehead atoms. The van der Waals surface area contributed by atoms with Crippen LogP contribution in [0.1, 0.15) is 24.1 Å². The zero-order valence-corrected chi connectivity index (χ0v) is 13.7. The Morgan fingerprint density at radius 3 is 2.42 bits per heavy atom. The van der Waals surface area contributed by atoms with Crippen LogP contribution >= 0.6 is 0 Å². The summed E-state index contributed by atoms with van der Waals surface area (Å²) >= 11 is 0. The minimum Gasteiger partial charge on any atom is -0.364 e. The molecule has 3 rings (SSSR count). The van der Waals surface area contributed by atoms with Crippen LogP contribution in [0.2, 0.25) is 0 Å². The molecule has 2 aromatic rings. The third-order valence-electron chi connectivity index (χ3n) is 4.47. The summed E-state index contributed by atoms with van der Waals surface area (Å²) in [5, 5.41) is 11.0. The van der Waals surface area contributed by atoms with Crippen LogP contribution in [0.5, 0.6) is 0 Å². The average molecular weight is 350 g/mol. The topological polar surface area (TPSA) is 70.0 Å². The first-order chi connectivity index (χ1) is 11.3. The molecular weight excluding hydrogens is 334 g/mol. The second-order valence-corrected chi connectivity index (χ2v) is 8.30. The molecule has 24 heavy (non-hydrogen) atoms. The summed E-state index contributed by atoms with van der Waals surface area (Å²) in [5.41, 5.74) is 0.500. The fourth-order valence-electron chi connectivity index (χ4n) is 2.93. The Morgan fingerprint density at radius 2 is 1.83 bits per heavy atom. The maximum absolute atomic E-state index is 14.0. The minimum absolute atomic E-state index is 0.0276. The van der Waals surface area contributed by atoms with Crippen LogP contribution in [0, 0.1) is 17.0 Å². The van der Waals surface area contributed by atoms with Gasteiger partial charge in [-0.25, -0.2) is 17.2 Å². The van der Waals surface area contributed by atoms with E-state index in [0.717, 1.165) is 6.07 Å². The lowest BCUT2D eigenvalue weighted by Crippen LogP contribution is -2.56. The second kappa shape index (κ2) is 5.66. The summed E-state index contributed by atoms with van der Waals surface area (Å²) in [6, 6.07) is 10.5. The number of amidine groups is 1. The Hall–Kier alpha value is -2.28. The van der Waals surface area contributed by atoms with Crippen LogP contribution in [0.3, 0.4) is 0 Å². The maximum Gasteiger partial charge on any atom is 0.169 e. The van der Waals surface area contributed by atoms with E-state index in [4.69, 9.17) is 5.41 Å².